The molecule has 5 heteroatoms. The minimum absolute atomic E-state index is 0.217. The lowest BCUT2D eigenvalue weighted by Gasteiger charge is -2.08. The molecule has 0 fully saturated rings. The first-order valence-electron chi connectivity index (χ1n) is 5.33. The van der Waals surface area contributed by atoms with E-state index in [1.165, 1.54) is 6.20 Å². The highest BCUT2D eigenvalue weighted by atomic mass is 16.3. The van der Waals surface area contributed by atoms with E-state index in [0.717, 1.165) is 19.4 Å². The van der Waals surface area contributed by atoms with Crippen LogP contribution in [0.1, 0.15) is 25.5 Å². The Kier molecular flexibility index (Phi) is 5.23. The fourth-order valence-corrected chi connectivity index (χ4v) is 1.30. The molecule has 1 aromatic heterocycles. The molecule has 1 atom stereocenters. The molecule has 1 heterocycles. The van der Waals surface area contributed by atoms with Gasteiger partial charge < -0.3 is 10.4 Å². The molecule has 16 heavy (non-hydrogen) atoms. The summed E-state index contributed by atoms with van der Waals surface area (Å²) in [5.74, 6) is 0.848. The Morgan fingerprint density at radius 3 is 2.94 bits per heavy atom. The third-order valence-corrected chi connectivity index (χ3v) is 2.28. The van der Waals surface area contributed by atoms with E-state index in [-0.39, 0.29) is 6.61 Å². The van der Waals surface area contributed by atoms with Gasteiger partial charge in [0.05, 0.1) is 0 Å². The van der Waals surface area contributed by atoms with Crippen LogP contribution in [0.3, 0.4) is 0 Å². The van der Waals surface area contributed by atoms with Gasteiger partial charge in [-0.15, -0.1) is 0 Å². The maximum atomic E-state index is 8.85. The molecule has 2 N–H and O–H groups in total. The number of aromatic nitrogens is 2. The molecule has 0 saturated heterocycles. The van der Waals surface area contributed by atoms with Crippen LogP contribution >= 0.6 is 0 Å². The van der Waals surface area contributed by atoms with Crippen molar-refractivity contribution in [2.45, 2.75) is 19.8 Å². The molecule has 0 bridgehead atoms. The molecule has 1 aromatic rings. The van der Waals surface area contributed by atoms with Crippen molar-refractivity contribution in [2.24, 2.45) is 5.92 Å². The average Bonchev–Trinajstić information content (AvgIpc) is 2.34. The van der Waals surface area contributed by atoms with Crippen LogP contribution in [0, 0.1) is 17.2 Å². The van der Waals surface area contributed by atoms with Crippen LogP contribution < -0.4 is 5.32 Å². The molecular formula is C11H16N4O. The quantitative estimate of drug-likeness (QED) is 0.703. The zero-order valence-electron chi connectivity index (χ0n) is 9.35. The first kappa shape index (κ1) is 12.4. The van der Waals surface area contributed by atoms with Crippen molar-refractivity contribution in [3.8, 4) is 6.07 Å². The van der Waals surface area contributed by atoms with E-state index in [0.29, 0.717) is 17.4 Å². The fraction of sp³-hybridized carbons (Fsp3) is 0.545. The number of anilines is 1. The van der Waals surface area contributed by atoms with Crippen molar-refractivity contribution < 1.29 is 5.11 Å². The Balaban J connectivity index is 2.35. The summed E-state index contributed by atoms with van der Waals surface area (Å²) < 4.78 is 0. The van der Waals surface area contributed by atoms with Gasteiger partial charge in [0.25, 0.3) is 0 Å². The summed E-state index contributed by atoms with van der Waals surface area (Å²) in [6, 6.07) is 1.98. The Hall–Kier alpha value is -1.67. The molecule has 1 unspecified atom stereocenters. The van der Waals surface area contributed by atoms with Crippen molar-refractivity contribution in [1.82, 2.24) is 9.97 Å². The van der Waals surface area contributed by atoms with Gasteiger partial charge in [-0.3, -0.25) is 0 Å². The maximum Gasteiger partial charge on any atom is 0.182 e. The van der Waals surface area contributed by atoms with E-state index in [1.807, 2.05) is 13.0 Å². The van der Waals surface area contributed by atoms with E-state index in [4.69, 9.17) is 10.4 Å². The van der Waals surface area contributed by atoms with Crippen LogP contribution in [0.5, 0.6) is 0 Å². The molecule has 0 spiro atoms. The molecular weight excluding hydrogens is 204 g/mol. The lowest BCUT2D eigenvalue weighted by atomic mass is 10.1. The lowest BCUT2D eigenvalue weighted by molar-refractivity contribution is 0.229. The zero-order valence-corrected chi connectivity index (χ0v) is 9.35. The lowest BCUT2D eigenvalue weighted by Crippen LogP contribution is -2.08. The van der Waals surface area contributed by atoms with Crippen LogP contribution in [-0.2, 0) is 0 Å². The van der Waals surface area contributed by atoms with Crippen molar-refractivity contribution in [2.75, 3.05) is 18.5 Å². The maximum absolute atomic E-state index is 8.85. The molecule has 0 radical (unpaired) electrons. The molecule has 0 saturated carbocycles. The van der Waals surface area contributed by atoms with Gasteiger partial charge in [0, 0.05) is 25.5 Å². The van der Waals surface area contributed by atoms with Crippen LogP contribution in [0.15, 0.2) is 12.4 Å². The number of aliphatic hydroxyl groups is 1. The second-order valence-electron chi connectivity index (χ2n) is 3.72. The summed E-state index contributed by atoms with van der Waals surface area (Å²) in [5.41, 5.74) is 0.317. The summed E-state index contributed by atoms with van der Waals surface area (Å²) in [6.07, 6.45) is 4.94. The Morgan fingerprint density at radius 2 is 2.25 bits per heavy atom. The number of aliphatic hydroxyl groups excluding tert-OH is 1. The van der Waals surface area contributed by atoms with Gasteiger partial charge in [-0.25, -0.2) is 9.97 Å². The molecule has 86 valence electrons. The number of hydrogen-bond donors (Lipinski definition) is 2. The van der Waals surface area contributed by atoms with Gasteiger partial charge in [0.1, 0.15) is 6.07 Å². The summed E-state index contributed by atoms with van der Waals surface area (Å²) in [5, 5.41) is 20.7. The number of nitrogens with one attached hydrogen (secondary N) is 1. The highest BCUT2D eigenvalue weighted by Crippen LogP contribution is 2.08. The number of hydrogen-bond acceptors (Lipinski definition) is 5. The van der Waals surface area contributed by atoms with Gasteiger partial charge in [0.2, 0.25) is 0 Å². The summed E-state index contributed by atoms with van der Waals surface area (Å²) >= 11 is 0. The molecule has 0 aliphatic carbocycles. The van der Waals surface area contributed by atoms with Crippen LogP contribution in [0.2, 0.25) is 0 Å². The molecule has 1 rings (SSSR count). The minimum atomic E-state index is 0.217. The minimum Gasteiger partial charge on any atom is -0.396 e. The first-order valence-corrected chi connectivity index (χ1v) is 5.33. The van der Waals surface area contributed by atoms with Crippen molar-refractivity contribution in [3.63, 3.8) is 0 Å². The SMILES string of the molecule is CC(CO)CCCNc1nccnc1C#N. The normalized spacial score (nSPS) is 11.8. The standard InChI is InChI=1S/C11H16N4O/c1-9(8-16)3-2-4-14-11-10(7-12)13-5-6-15-11/h5-6,9,16H,2-4,8H2,1H3,(H,14,15). The number of nitrogens with zero attached hydrogens (tertiary/aromatic N) is 3. The monoisotopic (exact) mass is 220 g/mol. The van der Waals surface area contributed by atoms with Crippen LogP contribution in [0.4, 0.5) is 5.82 Å². The topological polar surface area (TPSA) is 81.8 Å². The van der Waals surface area contributed by atoms with Crippen molar-refractivity contribution in [3.05, 3.63) is 18.1 Å². The predicted molar refractivity (Wildman–Crippen MR) is 60.7 cm³/mol. The molecule has 5 nitrogen and oxygen atoms in total. The fourth-order valence-electron chi connectivity index (χ4n) is 1.30. The molecule has 0 aromatic carbocycles. The zero-order chi connectivity index (χ0) is 11.8. The second-order valence-corrected chi connectivity index (χ2v) is 3.72. The van der Waals surface area contributed by atoms with Crippen molar-refractivity contribution in [1.29, 1.82) is 5.26 Å². The molecule has 0 amide bonds. The first-order chi connectivity index (χ1) is 7.77. The third kappa shape index (κ3) is 3.83. The van der Waals surface area contributed by atoms with Gasteiger partial charge >= 0.3 is 0 Å². The van der Waals surface area contributed by atoms with Gasteiger partial charge in [-0.2, -0.15) is 5.26 Å². The van der Waals surface area contributed by atoms with Gasteiger partial charge in [-0.05, 0) is 18.8 Å². The summed E-state index contributed by atoms with van der Waals surface area (Å²) in [7, 11) is 0. The number of nitriles is 1. The number of rotatable bonds is 6. The smallest absolute Gasteiger partial charge is 0.182 e. The second kappa shape index (κ2) is 6.75. The summed E-state index contributed by atoms with van der Waals surface area (Å²) in [4.78, 5) is 7.94. The third-order valence-electron chi connectivity index (χ3n) is 2.28. The molecule has 0 aliphatic heterocycles. The van der Waals surface area contributed by atoms with E-state index in [2.05, 4.69) is 15.3 Å². The highest BCUT2D eigenvalue weighted by molar-refractivity contribution is 5.46. The van der Waals surface area contributed by atoms with E-state index in [9.17, 15) is 0 Å². The predicted octanol–water partition coefficient (Wildman–Crippen LogP) is 1.17. The van der Waals surface area contributed by atoms with E-state index < -0.39 is 0 Å². The van der Waals surface area contributed by atoms with Crippen LogP contribution in [0.25, 0.3) is 0 Å². The van der Waals surface area contributed by atoms with E-state index >= 15 is 0 Å². The van der Waals surface area contributed by atoms with Crippen molar-refractivity contribution >= 4 is 5.82 Å². The average molecular weight is 220 g/mol. The Bertz CT molecular complexity index is 361. The largest absolute Gasteiger partial charge is 0.396 e. The van der Waals surface area contributed by atoms with E-state index in [1.54, 1.807) is 6.20 Å². The molecule has 0 aliphatic rings. The van der Waals surface area contributed by atoms with Gasteiger partial charge in [-0.1, -0.05) is 6.92 Å². The van der Waals surface area contributed by atoms with Gasteiger partial charge in [0.15, 0.2) is 11.5 Å². The van der Waals surface area contributed by atoms with Crippen LogP contribution in [-0.4, -0.2) is 28.2 Å². The summed E-state index contributed by atoms with van der Waals surface area (Å²) in [6.45, 7) is 2.95. The Morgan fingerprint density at radius 1 is 1.50 bits per heavy atom. The highest BCUT2D eigenvalue weighted by Gasteiger charge is 2.03. The Labute approximate surface area is 95.2 Å².